The summed E-state index contributed by atoms with van der Waals surface area (Å²) in [4.78, 5) is 51.8. The molecule has 1 aromatic carbocycles. The number of rotatable bonds is 9. The van der Waals surface area contributed by atoms with Crippen molar-refractivity contribution in [3.8, 4) is 0 Å². The topological polar surface area (TPSA) is 122 Å². The van der Waals surface area contributed by atoms with Gasteiger partial charge in [0, 0.05) is 23.6 Å². The van der Waals surface area contributed by atoms with Crippen LogP contribution >= 0.6 is 0 Å². The Labute approximate surface area is 149 Å². The number of hydrogen-bond acceptors (Lipinski definition) is 5. The molecule has 1 aromatic heterocycles. The molecular weight excluding hydrogens is 338 g/mol. The maximum absolute atomic E-state index is 13.0. The lowest BCUT2D eigenvalue weighted by molar-refractivity contribution is -0.151. The van der Waals surface area contributed by atoms with Gasteiger partial charge in [0.15, 0.2) is 17.0 Å². The number of para-hydroxylation sites is 1. The zero-order chi connectivity index (χ0) is 19.3. The molecule has 1 atom stereocenters. The Morgan fingerprint density at radius 1 is 1.08 bits per heavy atom. The van der Waals surface area contributed by atoms with E-state index < -0.39 is 28.9 Å². The molecule has 2 rings (SSSR count). The van der Waals surface area contributed by atoms with Gasteiger partial charge in [0.2, 0.25) is 0 Å². The van der Waals surface area contributed by atoms with Crippen molar-refractivity contribution >= 4 is 34.4 Å². The Hall–Kier alpha value is -3.09. The second-order valence-corrected chi connectivity index (χ2v) is 6.11. The molecule has 0 fully saturated rings. The van der Waals surface area contributed by atoms with E-state index in [4.69, 9.17) is 5.11 Å². The van der Waals surface area contributed by atoms with Crippen molar-refractivity contribution in [2.75, 3.05) is 0 Å². The van der Waals surface area contributed by atoms with E-state index in [9.17, 15) is 24.3 Å². The Balaban J connectivity index is 2.38. The molecule has 0 saturated carbocycles. The minimum atomic E-state index is -2.23. The van der Waals surface area contributed by atoms with Crippen LogP contribution in [-0.4, -0.2) is 38.7 Å². The summed E-state index contributed by atoms with van der Waals surface area (Å²) in [7, 11) is 0. The van der Waals surface area contributed by atoms with Gasteiger partial charge in [0.05, 0.1) is 5.52 Å². The number of carbonyl (C=O) groups excluding carboxylic acids is 2. The summed E-state index contributed by atoms with van der Waals surface area (Å²) in [6.07, 6.45) is 1.17. The van der Waals surface area contributed by atoms with Crippen molar-refractivity contribution in [2.24, 2.45) is 5.41 Å². The predicted molar refractivity (Wildman–Crippen MR) is 92.9 cm³/mol. The van der Waals surface area contributed by atoms with E-state index in [0.29, 0.717) is 10.9 Å². The number of pyridine rings is 1. The molecule has 26 heavy (non-hydrogen) atoms. The van der Waals surface area contributed by atoms with E-state index in [1.165, 1.54) is 12.3 Å². The summed E-state index contributed by atoms with van der Waals surface area (Å²) in [6, 6.07) is 8.56. The number of hydrogen-bond donors (Lipinski definition) is 2. The van der Waals surface area contributed by atoms with Gasteiger partial charge in [-0.15, -0.1) is 0 Å². The molecule has 0 spiro atoms. The summed E-state index contributed by atoms with van der Waals surface area (Å²) in [5, 5.41) is 19.0. The van der Waals surface area contributed by atoms with Gasteiger partial charge in [0.1, 0.15) is 0 Å². The van der Waals surface area contributed by atoms with Crippen LogP contribution < -0.4 is 0 Å². The Kier molecular flexibility index (Phi) is 5.82. The fraction of sp³-hybridized carbons (Fsp3) is 0.316. The minimum Gasteiger partial charge on any atom is -0.481 e. The first kappa shape index (κ1) is 19.2. The summed E-state index contributed by atoms with van der Waals surface area (Å²) in [6.45, 7) is 1.07. The second-order valence-electron chi connectivity index (χ2n) is 6.11. The molecule has 136 valence electrons. The molecule has 2 N–H and O–H groups in total. The standard InChI is InChI=1S/C19H19NO6/c1-12(21)19(18(25)26,9-5-4-8-16(22)23)17(24)14-10-13-6-2-3-7-15(13)20-11-14/h2-3,6-7,10-11H,4-5,8-9H2,1H3,(H,22,23)(H,25,26). The van der Waals surface area contributed by atoms with E-state index >= 15 is 0 Å². The number of aromatic nitrogens is 1. The number of Topliss-reactive ketones (excluding diaryl/α,β-unsaturated/α-hetero) is 2. The summed E-state index contributed by atoms with van der Waals surface area (Å²) in [5.41, 5.74) is -1.54. The Morgan fingerprint density at radius 3 is 2.38 bits per heavy atom. The quantitative estimate of drug-likeness (QED) is 0.402. The fourth-order valence-corrected chi connectivity index (χ4v) is 2.91. The van der Waals surface area contributed by atoms with Crippen LogP contribution in [0.2, 0.25) is 0 Å². The van der Waals surface area contributed by atoms with Crippen molar-refractivity contribution in [3.05, 3.63) is 42.1 Å². The largest absolute Gasteiger partial charge is 0.481 e. The number of carboxylic acid groups (broad SMARTS) is 2. The van der Waals surface area contributed by atoms with Crippen LogP contribution in [0.25, 0.3) is 10.9 Å². The normalized spacial score (nSPS) is 13.1. The average Bonchev–Trinajstić information content (AvgIpc) is 2.60. The molecule has 0 saturated heterocycles. The Morgan fingerprint density at radius 2 is 1.77 bits per heavy atom. The molecule has 2 aromatic rings. The van der Waals surface area contributed by atoms with Gasteiger partial charge in [0.25, 0.3) is 0 Å². The van der Waals surface area contributed by atoms with Crippen LogP contribution in [0, 0.1) is 5.41 Å². The van der Waals surface area contributed by atoms with Crippen molar-refractivity contribution < 1.29 is 29.4 Å². The molecule has 1 unspecified atom stereocenters. The molecule has 0 bridgehead atoms. The smallest absolute Gasteiger partial charge is 0.325 e. The lowest BCUT2D eigenvalue weighted by atomic mass is 9.73. The van der Waals surface area contributed by atoms with E-state index in [1.54, 1.807) is 24.3 Å². The van der Waals surface area contributed by atoms with Crippen LogP contribution in [0.5, 0.6) is 0 Å². The van der Waals surface area contributed by atoms with E-state index in [2.05, 4.69) is 4.98 Å². The van der Waals surface area contributed by atoms with Crippen LogP contribution in [0.4, 0.5) is 0 Å². The van der Waals surface area contributed by atoms with Gasteiger partial charge in [-0.3, -0.25) is 24.2 Å². The van der Waals surface area contributed by atoms with Gasteiger partial charge in [-0.1, -0.05) is 24.6 Å². The number of aliphatic carboxylic acids is 2. The SMILES string of the molecule is CC(=O)C(CCCCC(=O)O)(C(=O)O)C(=O)c1cnc2ccccc2c1. The predicted octanol–water partition coefficient (Wildman–Crippen LogP) is 2.72. The highest BCUT2D eigenvalue weighted by Crippen LogP contribution is 2.32. The van der Waals surface area contributed by atoms with Crippen LogP contribution in [-0.2, 0) is 14.4 Å². The first-order valence-corrected chi connectivity index (χ1v) is 8.15. The Bertz CT molecular complexity index is 859. The van der Waals surface area contributed by atoms with Crippen LogP contribution in [0.15, 0.2) is 36.5 Å². The van der Waals surface area contributed by atoms with Gasteiger partial charge >= 0.3 is 11.9 Å². The molecule has 0 radical (unpaired) electrons. The first-order chi connectivity index (χ1) is 12.3. The lowest BCUT2D eigenvalue weighted by Gasteiger charge is -2.25. The number of ketones is 2. The van der Waals surface area contributed by atoms with E-state index in [1.807, 2.05) is 0 Å². The summed E-state index contributed by atoms with van der Waals surface area (Å²) >= 11 is 0. The minimum absolute atomic E-state index is 0.0412. The van der Waals surface area contributed by atoms with Crippen molar-refractivity contribution in [3.63, 3.8) is 0 Å². The van der Waals surface area contributed by atoms with Gasteiger partial charge in [-0.2, -0.15) is 0 Å². The average molecular weight is 357 g/mol. The van der Waals surface area contributed by atoms with Crippen molar-refractivity contribution in [2.45, 2.75) is 32.6 Å². The van der Waals surface area contributed by atoms with Crippen molar-refractivity contribution in [1.82, 2.24) is 4.98 Å². The number of carboxylic acids is 2. The maximum Gasteiger partial charge on any atom is 0.325 e. The second kappa shape index (κ2) is 7.86. The van der Waals surface area contributed by atoms with Crippen molar-refractivity contribution in [1.29, 1.82) is 0 Å². The number of carbonyl (C=O) groups is 4. The van der Waals surface area contributed by atoms with Gasteiger partial charge < -0.3 is 10.2 Å². The zero-order valence-electron chi connectivity index (χ0n) is 14.3. The molecule has 7 heteroatoms. The third-order valence-corrected chi connectivity index (χ3v) is 4.40. The van der Waals surface area contributed by atoms with E-state index in [-0.39, 0.29) is 31.2 Å². The molecule has 0 aliphatic rings. The number of benzene rings is 1. The van der Waals surface area contributed by atoms with E-state index in [0.717, 1.165) is 6.92 Å². The highest BCUT2D eigenvalue weighted by Gasteiger charge is 2.50. The monoisotopic (exact) mass is 357 g/mol. The van der Waals surface area contributed by atoms with Crippen LogP contribution in [0.1, 0.15) is 43.0 Å². The third-order valence-electron chi connectivity index (χ3n) is 4.40. The summed E-state index contributed by atoms with van der Waals surface area (Å²) in [5.74, 6) is -4.15. The molecule has 0 aliphatic heterocycles. The number of nitrogens with zero attached hydrogens (tertiary/aromatic N) is 1. The number of fused-ring (bicyclic) bond motifs is 1. The lowest BCUT2D eigenvalue weighted by Crippen LogP contribution is -2.45. The zero-order valence-corrected chi connectivity index (χ0v) is 14.3. The third kappa shape index (κ3) is 3.77. The summed E-state index contributed by atoms with van der Waals surface area (Å²) < 4.78 is 0. The molecule has 0 aliphatic carbocycles. The highest BCUT2D eigenvalue weighted by molar-refractivity contribution is 6.26. The van der Waals surface area contributed by atoms with Crippen LogP contribution in [0.3, 0.4) is 0 Å². The highest BCUT2D eigenvalue weighted by atomic mass is 16.4. The van der Waals surface area contributed by atoms with Gasteiger partial charge in [-0.25, -0.2) is 0 Å². The maximum atomic E-state index is 13.0. The molecule has 1 heterocycles. The van der Waals surface area contributed by atoms with Gasteiger partial charge in [-0.05, 0) is 31.9 Å². The molecular formula is C19H19NO6. The fourth-order valence-electron chi connectivity index (χ4n) is 2.91. The molecule has 7 nitrogen and oxygen atoms in total. The molecule has 0 amide bonds. The number of unbranched alkanes of at least 4 members (excludes halogenated alkanes) is 1. The first-order valence-electron chi connectivity index (χ1n) is 8.15.